The van der Waals surface area contributed by atoms with E-state index >= 15 is 0 Å². The molecule has 0 radical (unpaired) electrons. The molecule has 1 N–H and O–H groups in total. The molecular formula is C19H23FO. The molecular weight excluding hydrogens is 263 g/mol. The van der Waals surface area contributed by atoms with E-state index in [9.17, 15) is 9.50 Å². The summed E-state index contributed by atoms with van der Waals surface area (Å²) >= 11 is 0. The smallest absolute Gasteiger partial charge is 0.131 e. The maximum Gasteiger partial charge on any atom is 0.131 e. The number of aliphatic hydroxyl groups is 1. The van der Waals surface area contributed by atoms with Crippen molar-refractivity contribution in [2.75, 3.05) is 0 Å². The molecule has 2 rings (SSSR count). The lowest BCUT2D eigenvalue weighted by atomic mass is 9.81. The number of hydrogen-bond acceptors (Lipinski definition) is 1. The van der Waals surface area contributed by atoms with Gasteiger partial charge in [0.25, 0.3) is 0 Å². The Kier molecular flexibility index (Phi) is 4.20. The van der Waals surface area contributed by atoms with Crippen molar-refractivity contribution in [3.8, 4) is 11.1 Å². The van der Waals surface area contributed by atoms with Crippen LogP contribution in [-0.2, 0) is 0 Å². The third kappa shape index (κ3) is 3.33. The molecule has 1 atom stereocenters. The van der Waals surface area contributed by atoms with Crippen LogP contribution in [0.3, 0.4) is 0 Å². The van der Waals surface area contributed by atoms with E-state index in [4.69, 9.17) is 0 Å². The third-order valence-corrected chi connectivity index (χ3v) is 3.73. The third-order valence-electron chi connectivity index (χ3n) is 3.73. The van der Waals surface area contributed by atoms with Gasteiger partial charge in [0.1, 0.15) is 5.82 Å². The van der Waals surface area contributed by atoms with E-state index in [-0.39, 0.29) is 11.2 Å². The second-order valence-corrected chi connectivity index (χ2v) is 6.84. The zero-order chi connectivity index (χ0) is 15.8. The van der Waals surface area contributed by atoms with Crippen LogP contribution in [0, 0.1) is 25.1 Å². The first kappa shape index (κ1) is 15.7. The van der Waals surface area contributed by atoms with Crippen LogP contribution >= 0.6 is 0 Å². The van der Waals surface area contributed by atoms with Gasteiger partial charge in [0.15, 0.2) is 0 Å². The predicted octanol–water partition coefficient (Wildman–Crippen LogP) is 5.19. The van der Waals surface area contributed by atoms with Gasteiger partial charge in [0, 0.05) is 5.56 Å². The molecule has 0 spiro atoms. The molecule has 0 saturated carbocycles. The summed E-state index contributed by atoms with van der Waals surface area (Å²) in [4.78, 5) is 0. The summed E-state index contributed by atoms with van der Waals surface area (Å²) in [6, 6.07) is 10.9. The van der Waals surface area contributed by atoms with Crippen molar-refractivity contribution in [3.63, 3.8) is 0 Å². The first-order valence-electron chi connectivity index (χ1n) is 7.25. The van der Waals surface area contributed by atoms with E-state index in [0.717, 1.165) is 22.3 Å². The van der Waals surface area contributed by atoms with E-state index in [1.165, 1.54) is 6.07 Å². The van der Waals surface area contributed by atoms with Crippen molar-refractivity contribution >= 4 is 0 Å². The lowest BCUT2D eigenvalue weighted by Crippen LogP contribution is -2.18. The number of aliphatic hydroxyl groups excluding tert-OH is 1. The average Bonchev–Trinajstić information content (AvgIpc) is 2.40. The van der Waals surface area contributed by atoms with E-state index in [2.05, 4.69) is 0 Å². The fraction of sp³-hybridized carbons (Fsp3) is 0.368. The Labute approximate surface area is 126 Å². The van der Waals surface area contributed by atoms with Crippen molar-refractivity contribution in [1.82, 2.24) is 0 Å². The summed E-state index contributed by atoms with van der Waals surface area (Å²) in [5.41, 5.74) is 3.86. The summed E-state index contributed by atoms with van der Waals surface area (Å²) in [6.07, 6.45) is -0.646. The van der Waals surface area contributed by atoms with Crippen molar-refractivity contribution in [1.29, 1.82) is 0 Å². The van der Waals surface area contributed by atoms with Crippen LogP contribution in [0.25, 0.3) is 11.1 Å². The molecule has 0 saturated heterocycles. The van der Waals surface area contributed by atoms with Crippen molar-refractivity contribution < 1.29 is 9.50 Å². The highest BCUT2D eigenvalue weighted by molar-refractivity contribution is 5.69. The normalized spacial score (nSPS) is 13.3. The second-order valence-electron chi connectivity index (χ2n) is 6.84. The zero-order valence-corrected chi connectivity index (χ0v) is 13.4. The molecule has 1 nitrogen and oxygen atoms in total. The molecule has 0 amide bonds. The van der Waals surface area contributed by atoms with Crippen LogP contribution in [0.2, 0.25) is 0 Å². The molecule has 0 bridgehead atoms. The van der Waals surface area contributed by atoms with E-state index in [0.29, 0.717) is 5.56 Å². The number of hydrogen-bond donors (Lipinski definition) is 1. The Morgan fingerprint density at radius 1 is 0.905 bits per heavy atom. The quantitative estimate of drug-likeness (QED) is 0.805. The fourth-order valence-electron chi connectivity index (χ4n) is 2.47. The minimum absolute atomic E-state index is 0.258. The SMILES string of the molecule is Cc1ccc(F)c(-c2ccc(C)cc2C(O)C(C)(C)C)c1. The molecule has 0 aliphatic rings. The van der Waals surface area contributed by atoms with Gasteiger partial charge in [0.2, 0.25) is 0 Å². The molecule has 0 aliphatic heterocycles. The molecule has 21 heavy (non-hydrogen) atoms. The van der Waals surface area contributed by atoms with Gasteiger partial charge in [-0.05, 0) is 42.5 Å². The monoisotopic (exact) mass is 286 g/mol. The van der Waals surface area contributed by atoms with E-state index in [1.807, 2.05) is 58.9 Å². The Balaban J connectivity index is 2.67. The van der Waals surface area contributed by atoms with Crippen molar-refractivity contribution in [2.24, 2.45) is 5.41 Å². The van der Waals surface area contributed by atoms with Crippen LogP contribution < -0.4 is 0 Å². The fourth-order valence-corrected chi connectivity index (χ4v) is 2.47. The Morgan fingerprint density at radius 2 is 1.48 bits per heavy atom. The lowest BCUT2D eigenvalue weighted by molar-refractivity contribution is 0.0631. The van der Waals surface area contributed by atoms with Gasteiger partial charge in [-0.2, -0.15) is 0 Å². The number of aryl methyl sites for hydroxylation is 2. The van der Waals surface area contributed by atoms with E-state index < -0.39 is 6.10 Å². The van der Waals surface area contributed by atoms with Gasteiger partial charge in [-0.25, -0.2) is 4.39 Å². The molecule has 112 valence electrons. The standard InChI is InChI=1S/C19H23FO/c1-12-6-8-14(15-10-13(2)7-9-17(15)20)16(11-12)18(21)19(3,4)5/h6-11,18,21H,1-5H3. The first-order valence-corrected chi connectivity index (χ1v) is 7.25. The van der Waals surface area contributed by atoms with Gasteiger partial charge in [-0.15, -0.1) is 0 Å². The molecule has 0 aromatic heterocycles. The van der Waals surface area contributed by atoms with Crippen LogP contribution in [0.5, 0.6) is 0 Å². The summed E-state index contributed by atoms with van der Waals surface area (Å²) in [7, 11) is 0. The number of rotatable bonds is 2. The Bertz CT molecular complexity index is 653. The van der Waals surface area contributed by atoms with Gasteiger partial charge in [-0.1, -0.05) is 56.2 Å². The molecule has 0 aliphatic carbocycles. The summed E-state index contributed by atoms with van der Waals surface area (Å²) in [5.74, 6) is -0.258. The summed E-state index contributed by atoms with van der Waals surface area (Å²) < 4.78 is 14.2. The topological polar surface area (TPSA) is 20.2 Å². The van der Waals surface area contributed by atoms with Gasteiger partial charge in [-0.3, -0.25) is 0 Å². The Hall–Kier alpha value is -1.67. The first-order chi connectivity index (χ1) is 9.70. The van der Waals surface area contributed by atoms with Gasteiger partial charge in [0.05, 0.1) is 6.10 Å². The van der Waals surface area contributed by atoms with Gasteiger partial charge >= 0.3 is 0 Å². The molecule has 0 heterocycles. The minimum Gasteiger partial charge on any atom is -0.388 e. The highest BCUT2D eigenvalue weighted by Gasteiger charge is 2.27. The molecule has 2 aromatic rings. The number of benzene rings is 2. The van der Waals surface area contributed by atoms with Crippen molar-refractivity contribution in [3.05, 3.63) is 58.9 Å². The lowest BCUT2D eigenvalue weighted by Gasteiger charge is -2.28. The average molecular weight is 286 g/mol. The van der Waals surface area contributed by atoms with Gasteiger partial charge < -0.3 is 5.11 Å². The molecule has 2 aromatic carbocycles. The Morgan fingerprint density at radius 3 is 2.10 bits per heavy atom. The second kappa shape index (κ2) is 5.61. The van der Waals surface area contributed by atoms with Crippen LogP contribution in [-0.4, -0.2) is 5.11 Å². The van der Waals surface area contributed by atoms with Crippen LogP contribution in [0.1, 0.15) is 43.6 Å². The summed E-state index contributed by atoms with van der Waals surface area (Å²) in [5, 5.41) is 10.7. The predicted molar refractivity (Wildman–Crippen MR) is 85.7 cm³/mol. The van der Waals surface area contributed by atoms with Crippen LogP contribution in [0.15, 0.2) is 36.4 Å². The molecule has 1 unspecified atom stereocenters. The van der Waals surface area contributed by atoms with E-state index in [1.54, 1.807) is 6.07 Å². The van der Waals surface area contributed by atoms with Crippen LogP contribution in [0.4, 0.5) is 4.39 Å². The highest BCUT2D eigenvalue weighted by atomic mass is 19.1. The maximum absolute atomic E-state index is 14.2. The van der Waals surface area contributed by atoms with Crippen molar-refractivity contribution in [2.45, 2.75) is 40.7 Å². The largest absolute Gasteiger partial charge is 0.388 e. The number of halogens is 1. The molecule has 0 fully saturated rings. The highest BCUT2D eigenvalue weighted by Crippen LogP contribution is 2.39. The minimum atomic E-state index is -0.646. The summed E-state index contributed by atoms with van der Waals surface area (Å²) in [6.45, 7) is 9.87. The zero-order valence-electron chi connectivity index (χ0n) is 13.4. The maximum atomic E-state index is 14.2. The molecule has 2 heteroatoms.